The smallest absolute Gasteiger partial charge is 0.322 e. The Balaban J connectivity index is 1.50. The molecule has 3 heterocycles. The molecule has 2 aromatic rings. The fourth-order valence-corrected chi connectivity index (χ4v) is 3.23. The number of carbonyl (C=O) groups excluding carboxylic acids is 2. The topological polar surface area (TPSA) is 100 Å². The molecular weight excluding hydrogens is 330 g/mol. The van der Waals surface area contributed by atoms with E-state index in [0.29, 0.717) is 24.9 Å². The third kappa shape index (κ3) is 4.10. The summed E-state index contributed by atoms with van der Waals surface area (Å²) in [6.45, 7) is 2.97. The maximum Gasteiger partial charge on any atom is 0.322 e. The number of thiophene rings is 1. The normalized spacial score (nSPS) is 17.5. The number of hydrogen-bond acceptors (Lipinski definition) is 6. The van der Waals surface area contributed by atoms with E-state index >= 15 is 0 Å². The Morgan fingerprint density at radius 2 is 2.33 bits per heavy atom. The van der Waals surface area contributed by atoms with Gasteiger partial charge in [-0.1, -0.05) is 0 Å². The maximum atomic E-state index is 12.3. The number of nitrogens with one attached hydrogen (secondary N) is 2. The van der Waals surface area contributed by atoms with Crippen LogP contribution >= 0.6 is 11.3 Å². The second-order valence-corrected chi connectivity index (χ2v) is 6.57. The van der Waals surface area contributed by atoms with E-state index in [1.165, 1.54) is 11.3 Å². The molecule has 2 aromatic heterocycles. The van der Waals surface area contributed by atoms with Gasteiger partial charge < -0.3 is 14.6 Å². The monoisotopic (exact) mass is 349 g/mol. The van der Waals surface area contributed by atoms with E-state index in [0.717, 1.165) is 17.8 Å². The molecule has 3 rings (SSSR count). The molecule has 1 fully saturated rings. The van der Waals surface area contributed by atoms with Gasteiger partial charge in [0.05, 0.1) is 17.5 Å². The van der Waals surface area contributed by atoms with Crippen LogP contribution in [-0.4, -0.2) is 40.1 Å². The lowest BCUT2D eigenvalue weighted by atomic mass is 9.97. The van der Waals surface area contributed by atoms with Crippen LogP contribution in [0.4, 0.5) is 9.80 Å². The van der Waals surface area contributed by atoms with Crippen molar-refractivity contribution in [2.75, 3.05) is 18.4 Å². The van der Waals surface area contributed by atoms with Gasteiger partial charge in [-0.2, -0.15) is 0 Å². The second-order valence-electron chi connectivity index (χ2n) is 5.63. The molecule has 24 heavy (non-hydrogen) atoms. The number of aryl methyl sites for hydroxylation is 1. The largest absolute Gasteiger partial charge is 0.424 e. The molecule has 9 heteroatoms. The molecule has 0 aliphatic carbocycles. The molecule has 3 amide bonds. The fourth-order valence-electron chi connectivity index (χ4n) is 2.63. The summed E-state index contributed by atoms with van der Waals surface area (Å²) in [5, 5.41) is 15.9. The minimum absolute atomic E-state index is 0.0977. The molecule has 0 radical (unpaired) electrons. The first kappa shape index (κ1) is 16.4. The van der Waals surface area contributed by atoms with Crippen molar-refractivity contribution in [3.63, 3.8) is 0 Å². The third-order valence-electron chi connectivity index (χ3n) is 3.81. The summed E-state index contributed by atoms with van der Waals surface area (Å²) in [4.78, 5) is 26.3. The predicted octanol–water partition coefficient (Wildman–Crippen LogP) is 2.00. The van der Waals surface area contributed by atoms with Crippen molar-refractivity contribution in [2.24, 2.45) is 5.92 Å². The number of amides is 3. The Bertz CT molecular complexity index is 700. The van der Waals surface area contributed by atoms with E-state index in [1.54, 1.807) is 11.8 Å². The van der Waals surface area contributed by atoms with Gasteiger partial charge >= 0.3 is 6.03 Å². The summed E-state index contributed by atoms with van der Waals surface area (Å²) in [6, 6.07) is 3.57. The van der Waals surface area contributed by atoms with Crippen molar-refractivity contribution < 1.29 is 14.0 Å². The van der Waals surface area contributed by atoms with Crippen LogP contribution in [0.1, 0.15) is 24.6 Å². The molecule has 0 spiro atoms. The Labute approximate surface area is 143 Å². The van der Waals surface area contributed by atoms with Gasteiger partial charge in [-0.15, -0.1) is 21.5 Å². The number of likely N-dealkylation sites (tertiary alicyclic amines) is 1. The van der Waals surface area contributed by atoms with Crippen LogP contribution in [0.25, 0.3) is 0 Å². The highest BCUT2D eigenvalue weighted by molar-refractivity contribution is 7.14. The predicted molar refractivity (Wildman–Crippen MR) is 88.5 cm³/mol. The molecule has 0 bridgehead atoms. The number of rotatable bonds is 4. The number of urea groups is 1. The lowest BCUT2D eigenvalue weighted by Gasteiger charge is -2.31. The van der Waals surface area contributed by atoms with E-state index in [1.807, 2.05) is 17.5 Å². The van der Waals surface area contributed by atoms with Crippen LogP contribution < -0.4 is 10.6 Å². The van der Waals surface area contributed by atoms with Gasteiger partial charge in [0.1, 0.15) is 0 Å². The number of anilines is 1. The summed E-state index contributed by atoms with van der Waals surface area (Å²) in [5.41, 5.74) is 0. The van der Waals surface area contributed by atoms with Gasteiger partial charge in [-0.3, -0.25) is 10.1 Å². The quantitative estimate of drug-likeness (QED) is 0.879. The summed E-state index contributed by atoms with van der Waals surface area (Å²) in [6.07, 6.45) is 1.56. The zero-order valence-electron chi connectivity index (χ0n) is 13.3. The van der Waals surface area contributed by atoms with Crippen LogP contribution in [0.3, 0.4) is 0 Å². The number of carbonyl (C=O) groups is 2. The van der Waals surface area contributed by atoms with Crippen LogP contribution in [0.15, 0.2) is 21.9 Å². The van der Waals surface area contributed by atoms with Crippen LogP contribution in [-0.2, 0) is 11.3 Å². The average Bonchev–Trinajstić information content (AvgIpc) is 3.24. The Morgan fingerprint density at radius 3 is 3.04 bits per heavy atom. The lowest BCUT2D eigenvalue weighted by Crippen LogP contribution is -2.46. The van der Waals surface area contributed by atoms with Crippen molar-refractivity contribution in [3.8, 4) is 0 Å². The first-order chi connectivity index (χ1) is 11.6. The minimum Gasteiger partial charge on any atom is -0.424 e. The summed E-state index contributed by atoms with van der Waals surface area (Å²) < 4.78 is 5.23. The molecular formula is C15H19N5O3S. The number of aromatic nitrogens is 2. The third-order valence-corrected chi connectivity index (χ3v) is 4.60. The van der Waals surface area contributed by atoms with Gasteiger partial charge in [0.25, 0.3) is 0 Å². The first-order valence-corrected chi connectivity index (χ1v) is 8.66. The Hall–Kier alpha value is -2.42. The average molecular weight is 349 g/mol. The number of hydrogen-bond donors (Lipinski definition) is 2. The molecule has 1 aliphatic heterocycles. The number of piperidine rings is 1. The highest BCUT2D eigenvalue weighted by Gasteiger charge is 2.28. The van der Waals surface area contributed by atoms with Crippen molar-refractivity contribution in [1.29, 1.82) is 0 Å². The van der Waals surface area contributed by atoms with Crippen molar-refractivity contribution in [3.05, 3.63) is 29.3 Å². The van der Waals surface area contributed by atoms with E-state index in [-0.39, 0.29) is 24.4 Å². The van der Waals surface area contributed by atoms with E-state index in [2.05, 4.69) is 20.8 Å². The van der Waals surface area contributed by atoms with Gasteiger partial charge in [0, 0.05) is 20.0 Å². The van der Waals surface area contributed by atoms with Crippen LogP contribution in [0, 0.1) is 12.8 Å². The highest BCUT2D eigenvalue weighted by Crippen LogP contribution is 2.20. The fraction of sp³-hybridized carbons (Fsp3) is 0.467. The minimum atomic E-state index is -0.225. The van der Waals surface area contributed by atoms with Gasteiger partial charge in [-0.05, 0) is 30.4 Å². The Morgan fingerprint density at radius 1 is 1.46 bits per heavy atom. The SMILES string of the molecule is Cc1nnc(CNC(=O)C2CCCN(C(=O)Nc3cccs3)C2)o1. The van der Waals surface area contributed by atoms with Crippen LogP contribution in [0.2, 0.25) is 0 Å². The van der Waals surface area contributed by atoms with Crippen molar-refractivity contribution in [2.45, 2.75) is 26.3 Å². The first-order valence-electron chi connectivity index (χ1n) is 7.78. The molecule has 0 saturated carbocycles. The molecule has 1 atom stereocenters. The van der Waals surface area contributed by atoms with Crippen LogP contribution in [0.5, 0.6) is 0 Å². The zero-order chi connectivity index (χ0) is 16.9. The molecule has 1 saturated heterocycles. The molecule has 1 unspecified atom stereocenters. The van der Waals surface area contributed by atoms with Gasteiger partial charge in [0.2, 0.25) is 17.7 Å². The zero-order valence-corrected chi connectivity index (χ0v) is 14.1. The molecule has 0 aromatic carbocycles. The molecule has 1 aliphatic rings. The second kappa shape index (κ2) is 7.43. The molecule has 8 nitrogen and oxygen atoms in total. The van der Waals surface area contributed by atoms with Crippen molar-refractivity contribution >= 4 is 28.3 Å². The van der Waals surface area contributed by atoms with E-state index < -0.39 is 0 Å². The van der Waals surface area contributed by atoms with Gasteiger partial charge in [-0.25, -0.2) is 4.79 Å². The van der Waals surface area contributed by atoms with Gasteiger partial charge in [0.15, 0.2) is 0 Å². The summed E-state index contributed by atoms with van der Waals surface area (Å²) >= 11 is 1.47. The van der Waals surface area contributed by atoms with E-state index in [4.69, 9.17) is 4.42 Å². The molecule has 128 valence electrons. The summed E-state index contributed by atoms with van der Waals surface area (Å²) in [7, 11) is 0. The number of nitrogens with zero attached hydrogens (tertiary/aromatic N) is 3. The van der Waals surface area contributed by atoms with E-state index in [9.17, 15) is 9.59 Å². The Kier molecular flexibility index (Phi) is 5.09. The standard InChI is InChI=1S/C15H19N5O3S/c1-10-18-19-12(23-10)8-16-14(21)11-4-2-6-20(9-11)15(22)17-13-5-3-7-24-13/h3,5,7,11H,2,4,6,8-9H2,1H3,(H,16,21)(H,17,22). The van der Waals surface area contributed by atoms with Crippen molar-refractivity contribution in [1.82, 2.24) is 20.4 Å². The molecule has 2 N–H and O–H groups in total. The maximum absolute atomic E-state index is 12.3. The lowest BCUT2D eigenvalue weighted by molar-refractivity contribution is -0.126. The summed E-state index contributed by atoms with van der Waals surface area (Å²) in [5.74, 6) is 0.522. The highest BCUT2D eigenvalue weighted by atomic mass is 32.1.